The average Bonchev–Trinajstić information content (AvgIpc) is 3.05. The monoisotopic (exact) mass is 372 g/mol. The van der Waals surface area contributed by atoms with Crippen molar-refractivity contribution >= 4 is 35.0 Å². The molecule has 1 saturated heterocycles. The Hall–Kier alpha value is -1.30. The number of ether oxygens (including phenoxy) is 1. The Balaban J connectivity index is 2.10. The molecule has 1 fully saturated rings. The number of hydrogen-bond donors (Lipinski definition) is 0. The van der Waals surface area contributed by atoms with Crippen molar-refractivity contribution < 1.29 is 14.3 Å². The average molecular weight is 373 g/mol. The molecule has 1 aromatic rings. The van der Waals surface area contributed by atoms with Gasteiger partial charge in [0.2, 0.25) is 5.91 Å². The number of likely N-dealkylation sites (tertiary alicyclic amines) is 1. The molecule has 0 saturated carbocycles. The molecular formula is C17H22Cl2N2O3. The van der Waals surface area contributed by atoms with Crippen molar-refractivity contribution in [2.24, 2.45) is 0 Å². The molecule has 5 nitrogen and oxygen atoms in total. The number of halogens is 2. The highest BCUT2D eigenvalue weighted by Crippen LogP contribution is 2.27. The van der Waals surface area contributed by atoms with Crippen LogP contribution in [0.2, 0.25) is 10.0 Å². The molecule has 2 rings (SSSR count). The lowest BCUT2D eigenvalue weighted by molar-refractivity contribution is -0.134. The van der Waals surface area contributed by atoms with Gasteiger partial charge in [0.1, 0.15) is 6.04 Å². The van der Waals surface area contributed by atoms with Crippen LogP contribution in [-0.4, -0.2) is 61.5 Å². The molecule has 1 heterocycles. The summed E-state index contributed by atoms with van der Waals surface area (Å²) in [6, 6.07) is 4.34. The van der Waals surface area contributed by atoms with E-state index in [4.69, 9.17) is 27.9 Å². The van der Waals surface area contributed by atoms with Crippen molar-refractivity contribution in [2.75, 3.05) is 33.9 Å². The third kappa shape index (κ3) is 4.41. The topological polar surface area (TPSA) is 49.9 Å². The Morgan fingerprint density at radius 1 is 1.38 bits per heavy atom. The van der Waals surface area contributed by atoms with E-state index < -0.39 is 6.04 Å². The number of rotatable bonds is 6. The summed E-state index contributed by atoms with van der Waals surface area (Å²) < 4.78 is 5.01. The number of carbonyl (C=O) groups is 2. The van der Waals surface area contributed by atoms with Crippen LogP contribution < -0.4 is 0 Å². The maximum absolute atomic E-state index is 12.8. The van der Waals surface area contributed by atoms with Gasteiger partial charge in [-0.2, -0.15) is 0 Å². The standard InChI is InChI=1S/C17H22Cl2N2O3/c1-20(8-4-10-24-2)17(23)15-5-3-9-21(15)16(22)13-11-12(18)6-7-14(13)19/h6-7,11,15H,3-5,8-10H2,1-2H3. The van der Waals surface area contributed by atoms with Crippen LogP contribution in [0.5, 0.6) is 0 Å². The highest BCUT2D eigenvalue weighted by molar-refractivity contribution is 6.35. The zero-order valence-electron chi connectivity index (χ0n) is 13.9. The van der Waals surface area contributed by atoms with Gasteiger partial charge in [-0.1, -0.05) is 23.2 Å². The molecule has 1 atom stereocenters. The van der Waals surface area contributed by atoms with Gasteiger partial charge in [0, 0.05) is 38.9 Å². The Labute approximate surface area is 152 Å². The SMILES string of the molecule is COCCCN(C)C(=O)C1CCCN1C(=O)c1cc(Cl)ccc1Cl. The highest BCUT2D eigenvalue weighted by Gasteiger charge is 2.36. The summed E-state index contributed by atoms with van der Waals surface area (Å²) >= 11 is 12.1. The van der Waals surface area contributed by atoms with Gasteiger partial charge in [-0.15, -0.1) is 0 Å². The van der Waals surface area contributed by atoms with Crippen LogP contribution in [0.15, 0.2) is 18.2 Å². The number of likely N-dealkylation sites (N-methyl/N-ethyl adjacent to an activating group) is 1. The van der Waals surface area contributed by atoms with E-state index in [1.807, 2.05) is 0 Å². The minimum atomic E-state index is -0.444. The number of methoxy groups -OCH3 is 1. The van der Waals surface area contributed by atoms with Gasteiger partial charge in [-0.3, -0.25) is 9.59 Å². The Kier molecular flexibility index (Phi) is 6.90. The third-order valence-corrected chi connectivity index (χ3v) is 4.74. The molecule has 1 aliphatic rings. The summed E-state index contributed by atoms with van der Waals surface area (Å²) in [6.45, 7) is 1.75. The first-order valence-corrected chi connectivity index (χ1v) is 8.71. The number of amides is 2. The lowest BCUT2D eigenvalue weighted by atomic mass is 10.1. The zero-order valence-corrected chi connectivity index (χ0v) is 15.4. The van der Waals surface area contributed by atoms with Crippen molar-refractivity contribution in [3.8, 4) is 0 Å². The van der Waals surface area contributed by atoms with E-state index in [-0.39, 0.29) is 11.8 Å². The number of carbonyl (C=O) groups excluding carboxylic acids is 2. The van der Waals surface area contributed by atoms with Crippen LogP contribution >= 0.6 is 23.2 Å². The quantitative estimate of drug-likeness (QED) is 0.720. The zero-order chi connectivity index (χ0) is 17.7. The first-order chi connectivity index (χ1) is 11.5. The normalized spacial score (nSPS) is 17.2. The van der Waals surface area contributed by atoms with Gasteiger partial charge in [-0.25, -0.2) is 0 Å². The molecule has 0 bridgehead atoms. The highest BCUT2D eigenvalue weighted by atomic mass is 35.5. The molecule has 1 unspecified atom stereocenters. The minimum absolute atomic E-state index is 0.0462. The van der Waals surface area contributed by atoms with Gasteiger partial charge in [0.05, 0.1) is 10.6 Å². The molecule has 0 aromatic heterocycles. The van der Waals surface area contributed by atoms with Gasteiger partial charge in [0.15, 0.2) is 0 Å². The molecule has 7 heteroatoms. The maximum Gasteiger partial charge on any atom is 0.256 e. The van der Waals surface area contributed by atoms with Crippen molar-refractivity contribution in [2.45, 2.75) is 25.3 Å². The number of nitrogens with zero attached hydrogens (tertiary/aromatic N) is 2. The first-order valence-electron chi connectivity index (χ1n) is 7.95. The van der Waals surface area contributed by atoms with E-state index >= 15 is 0 Å². The Morgan fingerprint density at radius 3 is 2.83 bits per heavy atom. The van der Waals surface area contributed by atoms with E-state index in [0.29, 0.717) is 41.7 Å². The second-order valence-corrected chi connectivity index (χ2v) is 6.73. The molecule has 132 valence electrons. The molecule has 0 N–H and O–H groups in total. The predicted octanol–water partition coefficient (Wildman–Crippen LogP) is 3.09. The largest absolute Gasteiger partial charge is 0.385 e. The smallest absolute Gasteiger partial charge is 0.256 e. The Morgan fingerprint density at radius 2 is 2.12 bits per heavy atom. The maximum atomic E-state index is 12.8. The molecule has 1 aliphatic heterocycles. The molecular weight excluding hydrogens is 351 g/mol. The van der Waals surface area contributed by atoms with E-state index in [9.17, 15) is 9.59 Å². The molecule has 0 aliphatic carbocycles. The van der Waals surface area contributed by atoms with Crippen LogP contribution in [0.1, 0.15) is 29.6 Å². The Bertz CT molecular complexity index is 609. The van der Waals surface area contributed by atoms with Gasteiger partial charge in [0.25, 0.3) is 5.91 Å². The van der Waals surface area contributed by atoms with Crippen LogP contribution in [-0.2, 0) is 9.53 Å². The predicted molar refractivity (Wildman–Crippen MR) is 94.7 cm³/mol. The lowest BCUT2D eigenvalue weighted by Crippen LogP contribution is -2.47. The summed E-state index contributed by atoms with van der Waals surface area (Å²) in [5.41, 5.74) is 0.339. The molecule has 24 heavy (non-hydrogen) atoms. The number of hydrogen-bond acceptors (Lipinski definition) is 3. The van der Waals surface area contributed by atoms with Gasteiger partial charge >= 0.3 is 0 Å². The van der Waals surface area contributed by atoms with E-state index in [1.165, 1.54) is 0 Å². The summed E-state index contributed by atoms with van der Waals surface area (Å²) in [4.78, 5) is 28.7. The fraction of sp³-hybridized carbons (Fsp3) is 0.529. The second kappa shape index (κ2) is 8.70. The van der Waals surface area contributed by atoms with Crippen molar-refractivity contribution in [3.63, 3.8) is 0 Å². The van der Waals surface area contributed by atoms with Crippen molar-refractivity contribution in [3.05, 3.63) is 33.8 Å². The third-order valence-electron chi connectivity index (χ3n) is 4.18. The van der Waals surface area contributed by atoms with E-state index in [1.54, 1.807) is 42.2 Å². The van der Waals surface area contributed by atoms with Crippen molar-refractivity contribution in [1.82, 2.24) is 9.80 Å². The van der Waals surface area contributed by atoms with Crippen LogP contribution in [0, 0.1) is 0 Å². The van der Waals surface area contributed by atoms with Crippen LogP contribution in [0.4, 0.5) is 0 Å². The molecule has 0 radical (unpaired) electrons. The lowest BCUT2D eigenvalue weighted by Gasteiger charge is -2.28. The first kappa shape index (κ1) is 19.0. The summed E-state index contributed by atoms with van der Waals surface area (Å²) in [5.74, 6) is -0.293. The molecule has 1 aromatic carbocycles. The summed E-state index contributed by atoms with van der Waals surface area (Å²) in [5, 5.41) is 0.789. The van der Waals surface area contributed by atoms with Gasteiger partial charge < -0.3 is 14.5 Å². The van der Waals surface area contributed by atoms with Crippen LogP contribution in [0.3, 0.4) is 0 Å². The summed E-state index contributed by atoms with van der Waals surface area (Å²) in [7, 11) is 3.39. The van der Waals surface area contributed by atoms with Gasteiger partial charge in [-0.05, 0) is 37.5 Å². The molecule has 0 spiro atoms. The fourth-order valence-electron chi connectivity index (χ4n) is 2.89. The van der Waals surface area contributed by atoms with E-state index in [2.05, 4.69) is 0 Å². The molecule has 2 amide bonds. The summed E-state index contributed by atoms with van der Waals surface area (Å²) in [6.07, 6.45) is 2.23. The number of benzene rings is 1. The van der Waals surface area contributed by atoms with Crippen molar-refractivity contribution in [1.29, 1.82) is 0 Å². The minimum Gasteiger partial charge on any atom is -0.385 e. The fourth-order valence-corrected chi connectivity index (χ4v) is 3.26. The van der Waals surface area contributed by atoms with Crippen LogP contribution in [0.25, 0.3) is 0 Å². The van der Waals surface area contributed by atoms with E-state index in [0.717, 1.165) is 12.8 Å². The second-order valence-electron chi connectivity index (χ2n) is 5.89.